The molecule has 1 aliphatic carbocycles. The number of hydrogen-bond donors (Lipinski definition) is 3. The first-order chi connectivity index (χ1) is 8.22. The van der Waals surface area contributed by atoms with Crippen LogP contribution in [0.3, 0.4) is 0 Å². The summed E-state index contributed by atoms with van der Waals surface area (Å²) in [5.74, 6) is 0. The molecule has 5 N–H and O–H groups in total. The third-order valence-corrected chi connectivity index (χ3v) is 3.74. The van der Waals surface area contributed by atoms with Crippen LogP contribution in [0.25, 0.3) is 0 Å². The summed E-state index contributed by atoms with van der Waals surface area (Å²) in [6, 6.07) is 7.23. The highest BCUT2D eigenvalue weighted by atomic mass is 15.2. The van der Waals surface area contributed by atoms with E-state index in [1.807, 2.05) is 18.2 Å². The molecule has 0 bridgehead atoms. The highest BCUT2D eigenvalue weighted by Crippen LogP contribution is 2.31. The van der Waals surface area contributed by atoms with Crippen molar-refractivity contribution < 1.29 is 0 Å². The Balaban J connectivity index is 1.61. The van der Waals surface area contributed by atoms with Gasteiger partial charge in [0.25, 0.3) is 0 Å². The maximum atomic E-state index is 5.80. The van der Waals surface area contributed by atoms with Gasteiger partial charge < -0.3 is 16.8 Å². The summed E-state index contributed by atoms with van der Waals surface area (Å²) in [6.45, 7) is 2.39. The monoisotopic (exact) mass is 232 g/mol. The van der Waals surface area contributed by atoms with Crippen molar-refractivity contribution in [1.29, 1.82) is 0 Å². The van der Waals surface area contributed by atoms with E-state index in [1.54, 1.807) is 0 Å². The van der Waals surface area contributed by atoms with Crippen LogP contribution < -0.4 is 16.8 Å². The average molecular weight is 232 g/mol. The molecule has 1 saturated heterocycles. The van der Waals surface area contributed by atoms with Crippen LogP contribution in [0.15, 0.2) is 18.2 Å². The minimum absolute atomic E-state index is 0.554. The number of likely N-dealkylation sites (tertiary alicyclic amines) is 1. The van der Waals surface area contributed by atoms with E-state index in [2.05, 4.69) is 10.2 Å². The smallest absolute Gasteiger partial charge is 0.0568 e. The Kier molecular flexibility index (Phi) is 2.59. The molecular weight excluding hydrogens is 212 g/mol. The number of nitrogens with two attached hydrogens (primary N) is 2. The van der Waals surface area contributed by atoms with Gasteiger partial charge in [-0.2, -0.15) is 0 Å². The third kappa shape index (κ3) is 2.31. The van der Waals surface area contributed by atoms with Crippen molar-refractivity contribution in [3.8, 4) is 0 Å². The minimum atomic E-state index is 0.554. The lowest BCUT2D eigenvalue weighted by Crippen LogP contribution is -2.27. The lowest BCUT2D eigenvalue weighted by molar-refractivity contribution is 0.326. The van der Waals surface area contributed by atoms with Gasteiger partial charge in [0.1, 0.15) is 0 Å². The van der Waals surface area contributed by atoms with Gasteiger partial charge in [-0.25, -0.2) is 0 Å². The van der Waals surface area contributed by atoms with Gasteiger partial charge in [0.05, 0.1) is 11.4 Å². The molecule has 2 fully saturated rings. The molecule has 1 saturated carbocycles. The molecule has 1 heterocycles. The quantitative estimate of drug-likeness (QED) is 0.691. The van der Waals surface area contributed by atoms with Crippen molar-refractivity contribution in [2.45, 2.75) is 31.3 Å². The third-order valence-electron chi connectivity index (χ3n) is 3.74. The Bertz CT molecular complexity index is 414. The summed E-state index contributed by atoms with van der Waals surface area (Å²) < 4.78 is 0. The molecule has 4 nitrogen and oxygen atoms in total. The number of nitrogen functional groups attached to an aromatic ring is 2. The summed E-state index contributed by atoms with van der Waals surface area (Å²) in [6.07, 6.45) is 4.00. The Morgan fingerprint density at radius 3 is 2.65 bits per heavy atom. The maximum Gasteiger partial charge on any atom is 0.0568 e. The van der Waals surface area contributed by atoms with Crippen LogP contribution in [0.5, 0.6) is 0 Å². The Hall–Kier alpha value is -1.42. The zero-order valence-electron chi connectivity index (χ0n) is 10.0. The van der Waals surface area contributed by atoms with Crippen LogP contribution in [-0.2, 0) is 0 Å². The van der Waals surface area contributed by atoms with Gasteiger partial charge in [0.2, 0.25) is 0 Å². The molecule has 1 aliphatic heterocycles. The number of benzene rings is 1. The minimum Gasteiger partial charge on any atom is -0.397 e. The van der Waals surface area contributed by atoms with Crippen LogP contribution >= 0.6 is 0 Å². The molecular formula is C13H20N4. The fourth-order valence-electron chi connectivity index (χ4n) is 2.58. The van der Waals surface area contributed by atoms with Gasteiger partial charge in [-0.05, 0) is 37.5 Å². The number of anilines is 3. The van der Waals surface area contributed by atoms with Gasteiger partial charge in [0, 0.05) is 30.9 Å². The second-order valence-electron chi connectivity index (χ2n) is 5.20. The van der Waals surface area contributed by atoms with Crippen LogP contribution in [0, 0.1) is 0 Å². The molecule has 92 valence electrons. The van der Waals surface area contributed by atoms with Crippen molar-refractivity contribution in [2.75, 3.05) is 29.9 Å². The molecule has 0 radical (unpaired) electrons. The Morgan fingerprint density at radius 1 is 1.12 bits per heavy atom. The first-order valence-electron chi connectivity index (χ1n) is 6.38. The second kappa shape index (κ2) is 4.11. The van der Waals surface area contributed by atoms with E-state index < -0.39 is 0 Å². The fourth-order valence-corrected chi connectivity index (χ4v) is 2.58. The van der Waals surface area contributed by atoms with Crippen molar-refractivity contribution in [1.82, 2.24) is 4.90 Å². The summed E-state index contributed by atoms with van der Waals surface area (Å²) in [7, 11) is 0. The Morgan fingerprint density at radius 2 is 1.94 bits per heavy atom. The maximum absolute atomic E-state index is 5.80. The Labute approximate surface area is 102 Å². The molecule has 4 heteroatoms. The normalized spacial score (nSPS) is 25.1. The zero-order chi connectivity index (χ0) is 11.8. The van der Waals surface area contributed by atoms with Crippen molar-refractivity contribution in [3.63, 3.8) is 0 Å². The largest absolute Gasteiger partial charge is 0.397 e. The standard InChI is InChI=1S/C13H20N4/c14-12-4-1-9(7-13(12)15)16-10-5-6-17(8-10)11-2-3-11/h1,4,7,10-11,16H,2-3,5-6,8,14-15H2. The summed E-state index contributed by atoms with van der Waals surface area (Å²) in [5.41, 5.74) is 13.9. The van der Waals surface area contributed by atoms with E-state index in [4.69, 9.17) is 11.5 Å². The SMILES string of the molecule is Nc1ccc(NC2CCN(C3CC3)C2)cc1N. The molecule has 1 aromatic rings. The second-order valence-corrected chi connectivity index (χ2v) is 5.20. The fraction of sp³-hybridized carbons (Fsp3) is 0.538. The summed E-state index contributed by atoms with van der Waals surface area (Å²) >= 11 is 0. The van der Waals surface area contributed by atoms with E-state index in [0.29, 0.717) is 17.4 Å². The molecule has 3 rings (SSSR count). The number of rotatable bonds is 3. The van der Waals surface area contributed by atoms with E-state index in [-0.39, 0.29) is 0 Å². The van der Waals surface area contributed by atoms with Gasteiger partial charge in [-0.3, -0.25) is 4.90 Å². The van der Waals surface area contributed by atoms with E-state index in [9.17, 15) is 0 Å². The predicted octanol–water partition coefficient (Wildman–Crippen LogP) is 1.50. The van der Waals surface area contributed by atoms with Crippen molar-refractivity contribution in [2.24, 2.45) is 0 Å². The van der Waals surface area contributed by atoms with Crippen LogP contribution in [0.1, 0.15) is 19.3 Å². The van der Waals surface area contributed by atoms with E-state index in [0.717, 1.165) is 18.3 Å². The van der Waals surface area contributed by atoms with E-state index in [1.165, 1.54) is 25.8 Å². The first kappa shape index (κ1) is 10.7. The lowest BCUT2D eigenvalue weighted by Gasteiger charge is -2.17. The first-order valence-corrected chi connectivity index (χ1v) is 6.38. The molecule has 0 amide bonds. The highest BCUT2D eigenvalue weighted by molar-refractivity contribution is 5.69. The van der Waals surface area contributed by atoms with Gasteiger partial charge in [-0.1, -0.05) is 0 Å². The van der Waals surface area contributed by atoms with Crippen molar-refractivity contribution in [3.05, 3.63) is 18.2 Å². The molecule has 1 atom stereocenters. The van der Waals surface area contributed by atoms with Gasteiger partial charge in [-0.15, -0.1) is 0 Å². The average Bonchev–Trinajstić information content (AvgIpc) is 3.06. The van der Waals surface area contributed by atoms with Crippen LogP contribution in [0.2, 0.25) is 0 Å². The van der Waals surface area contributed by atoms with Crippen molar-refractivity contribution >= 4 is 17.1 Å². The lowest BCUT2D eigenvalue weighted by atomic mass is 10.2. The molecule has 1 unspecified atom stereocenters. The molecule has 0 spiro atoms. The highest BCUT2D eigenvalue weighted by Gasteiger charge is 2.34. The number of nitrogens with zero attached hydrogens (tertiary/aromatic N) is 1. The topological polar surface area (TPSA) is 67.3 Å². The zero-order valence-corrected chi connectivity index (χ0v) is 10.0. The molecule has 17 heavy (non-hydrogen) atoms. The van der Waals surface area contributed by atoms with Gasteiger partial charge in [0.15, 0.2) is 0 Å². The van der Waals surface area contributed by atoms with Crippen LogP contribution in [-0.4, -0.2) is 30.1 Å². The summed E-state index contributed by atoms with van der Waals surface area (Å²) in [5, 5.41) is 3.54. The molecule has 0 aromatic heterocycles. The number of nitrogens with one attached hydrogen (secondary N) is 1. The summed E-state index contributed by atoms with van der Waals surface area (Å²) in [4.78, 5) is 2.60. The molecule has 2 aliphatic rings. The van der Waals surface area contributed by atoms with Crippen LogP contribution in [0.4, 0.5) is 17.1 Å². The molecule has 1 aromatic carbocycles. The predicted molar refractivity (Wildman–Crippen MR) is 71.9 cm³/mol. The number of hydrogen-bond acceptors (Lipinski definition) is 4. The van der Waals surface area contributed by atoms with Gasteiger partial charge >= 0.3 is 0 Å². The van der Waals surface area contributed by atoms with E-state index >= 15 is 0 Å².